The van der Waals surface area contributed by atoms with E-state index < -0.39 is 70.9 Å². The Bertz CT molecular complexity index is 2190. The molecule has 1 aliphatic rings. The number of alkyl halides is 4. The minimum absolute atomic E-state index is 0.0504. The average molecular weight is 696 g/mol. The number of benzene rings is 2. The molecule has 2 atom stereocenters. The minimum Gasteiger partial charge on any atom is -0.382 e. The van der Waals surface area contributed by atoms with E-state index in [4.69, 9.17) is 5.73 Å². The molecule has 3 aromatic heterocycles. The van der Waals surface area contributed by atoms with Crippen LogP contribution >= 0.6 is 0 Å². The smallest absolute Gasteiger partial charge is 0.343 e. The summed E-state index contributed by atoms with van der Waals surface area (Å²) in [6.07, 6.45) is -4.01. The van der Waals surface area contributed by atoms with Crippen LogP contribution in [0.1, 0.15) is 67.1 Å². The van der Waals surface area contributed by atoms with E-state index in [1.165, 1.54) is 25.5 Å². The molecule has 0 fully saturated rings. The lowest BCUT2D eigenvalue weighted by Crippen LogP contribution is -2.37. The van der Waals surface area contributed by atoms with Gasteiger partial charge in [0.15, 0.2) is 5.82 Å². The molecule has 0 saturated heterocycles. The highest BCUT2D eigenvalue weighted by Crippen LogP contribution is 2.48. The van der Waals surface area contributed by atoms with E-state index in [-0.39, 0.29) is 33.9 Å². The molecule has 9 nitrogen and oxygen atoms in total. The van der Waals surface area contributed by atoms with Gasteiger partial charge in [0.1, 0.15) is 34.3 Å². The monoisotopic (exact) mass is 695 g/mol. The van der Waals surface area contributed by atoms with E-state index in [9.17, 15) is 27.5 Å². The molecule has 4 N–H and O–H groups in total. The van der Waals surface area contributed by atoms with Crippen molar-refractivity contribution in [3.63, 3.8) is 0 Å². The summed E-state index contributed by atoms with van der Waals surface area (Å²) in [4.78, 5) is 18.6. The Hall–Kier alpha value is -5.36. The summed E-state index contributed by atoms with van der Waals surface area (Å²) in [5, 5.41) is 21.3. The minimum atomic E-state index is -3.67. The summed E-state index contributed by atoms with van der Waals surface area (Å²) >= 11 is 0. The number of anilines is 1. The van der Waals surface area contributed by atoms with Crippen molar-refractivity contribution < 1.29 is 36.2 Å². The second-order valence-corrected chi connectivity index (χ2v) is 12.8. The third kappa shape index (κ3) is 6.38. The fourth-order valence-electron chi connectivity index (χ4n) is 6.23. The highest BCUT2D eigenvalue weighted by molar-refractivity contribution is 6.00. The molecule has 2 aromatic carbocycles. The number of nitrogens with zero attached hydrogens (tertiary/aromatic N) is 5. The molecule has 1 amide bonds. The topological polar surface area (TPSA) is 124 Å². The number of aryl methyl sites for hydroxylation is 1. The van der Waals surface area contributed by atoms with Gasteiger partial charge in [-0.15, -0.1) is 0 Å². The standard InChI is InChI=1S/C35H31F6N7O2/c1-17-12-25-28(31(38)39)45-48(30(25)35(17,40)41)33(49)44-26(15-18-13-19(36)16-20(37)14-18)27-22(9-8-21(43-27)10-11-34(2,3)50)23-6-5-7-24-29(23)47(4)46-32(24)42/h5-9,13-14,16-17,26,31,50H,12,15H2,1-4H3,(H2,42,46)(H,44,49)/t17-,26?/m1/s1. The first-order chi connectivity index (χ1) is 23.4. The molecule has 0 radical (unpaired) electrons. The summed E-state index contributed by atoms with van der Waals surface area (Å²) < 4.78 is 89.4. The number of amides is 1. The van der Waals surface area contributed by atoms with Crippen LogP contribution in [0, 0.1) is 29.4 Å². The second kappa shape index (κ2) is 12.5. The fraction of sp³-hybridized carbons (Fsp3) is 0.314. The van der Waals surface area contributed by atoms with E-state index in [2.05, 4.69) is 32.3 Å². The molecule has 0 aliphatic heterocycles. The molecule has 5 aromatic rings. The number of hydrogen-bond donors (Lipinski definition) is 3. The summed E-state index contributed by atoms with van der Waals surface area (Å²) in [6.45, 7) is 4.09. The molecule has 15 heteroatoms. The van der Waals surface area contributed by atoms with Gasteiger partial charge in [-0.3, -0.25) is 4.68 Å². The van der Waals surface area contributed by atoms with Gasteiger partial charge in [0.05, 0.1) is 17.3 Å². The van der Waals surface area contributed by atoms with Crippen LogP contribution in [0.4, 0.5) is 37.0 Å². The van der Waals surface area contributed by atoms with Crippen molar-refractivity contribution in [2.45, 2.75) is 57.6 Å². The number of hydrogen-bond acceptors (Lipinski definition) is 6. The Labute approximate surface area is 282 Å². The van der Waals surface area contributed by atoms with Gasteiger partial charge in [0, 0.05) is 41.1 Å². The summed E-state index contributed by atoms with van der Waals surface area (Å²) in [5.41, 5.74) is 4.09. The zero-order valence-corrected chi connectivity index (χ0v) is 27.2. The van der Waals surface area contributed by atoms with Crippen LogP contribution in [0.3, 0.4) is 0 Å². The van der Waals surface area contributed by atoms with Crippen LogP contribution in [0.2, 0.25) is 0 Å². The van der Waals surface area contributed by atoms with E-state index in [0.29, 0.717) is 28.1 Å². The number of nitrogens with two attached hydrogens (primary N) is 1. The van der Waals surface area contributed by atoms with Crippen LogP contribution in [0.25, 0.3) is 22.0 Å². The van der Waals surface area contributed by atoms with Crippen molar-refractivity contribution in [2.75, 3.05) is 5.73 Å². The maximum atomic E-state index is 15.4. The van der Waals surface area contributed by atoms with E-state index in [0.717, 1.165) is 12.1 Å². The maximum absolute atomic E-state index is 15.4. The first-order valence-corrected chi connectivity index (χ1v) is 15.5. The number of rotatable bonds is 6. The molecule has 3 heterocycles. The van der Waals surface area contributed by atoms with Crippen molar-refractivity contribution >= 4 is 22.8 Å². The predicted molar refractivity (Wildman–Crippen MR) is 172 cm³/mol. The van der Waals surface area contributed by atoms with Gasteiger partial charge in [0.2, 0.25) is 0 Å². The molecule has 260 valence electrons. The average Bonchev–Trinajstić information content (AvgIpc) is 3.63. The van der Waals surface area contributed by atoms with Crippen molar-refractivity contribution in [3.8, 4) is 23.0 Å². The Morgan fingerprint density at radius 1 is 1.10 bits per heavy atom. The molecular formula is C35H31F6N7O2. The fourth-order valence-corrected chi connectivity index (χ4v) is 6.23. The Morgan fingerprint density at radius 3 is 2.46 bits per heavy atom. The summed E-state index contributed by atoms with van der Waals surface area (Å²) in [6, 6.07) is 8.42. The molecule has 6 rings (SSSR count). The molecule has 1 aliphatic carbocycles. The zero-order valence-electron chi connectivity index (χ0n) is 27.2. The first kappa shape index (κ1) is 34.5. The van der Waals surface area contributed by atoms with Crippen LogP contribution in [0.15, 0.2) is 48.5 Å². The lowest BCUT2D eigenvalue weighted by Gasteiger charge is -2.23. The largest absolute Gasteiger partial charge is 0.382 e. The second-order valence-electron chi connectivity index (χ2n) is 12.8. The van der Waals surface area contributed by atoms with Gasteiger partial charge < -0.3 is 16.2 Å². The van der Waals surface area contributed by atoms with Crippen molar-refractivity contribution in [1.82, 2.24) is 29.9 Å². The number of aliphatic hydroxyl groups is 1. The van der Waals surface area contributed by atoms with Crippen molar-refractivity contribution in [2.24, 2.45) is 13.0 Å². The molecule has 0 bridgehead atoms. The van der Waals surface area contributed by atoms with Crippen molar-refractivity contribution in [1.29, 1.82) is 0 Å². The maximum Gasteiger partial charge on any atom is 0.343 e. The van der Waals surface area contributed by atoms with Gasteiger partial charge >= 0.3 is 6.03 Å². The number of halogens is 6. The molecule has 50 heavy (non-hydrogen) atoms. The van der Waals surface area contributed by atoms with Crippen molar-refractivity contribution in [3.05, 3.63) is 94.1 Å². The van der Waals surface area contributed by atoms with E-state index >= 15 is 8.78 Å². The van der Waals surface area contributed by atoms with Gasteiger partial charge in [-0.1, -0.05) is 25.0 Å². The number of pyridine rings is 1. The molecule has 0 spiro atoms. The van der Waals surface area contributed by atoms with Crippen LogP contribution in [-0.4, -0.2) is 41.3 Å². The summed E-state index contributed by atoms with van der Waals surface area (Å²) in [5.74, 6) is -1.25. The first-order valence-electron chi connectivity index (χ1n) is 15.5. The third-order valence-electron chi connectivity index (χ3n) is 8.45. The van der Waals surface area contributed by atoms with Crippen LogP contribution in [0.5, 0.6) is 0 Å². The number of nitrogen functional groups attached to an aromatic ring is 1. The molecule has 0 saturated carbocycles. The number of carbonyl (C=O) groups excluding carboxylic acids is 1. The SMILES string of the molecule is C[C@@H]1Cc2c(C(F)F)nn(C(=O)NC(Cc3cc(F)cc(F)c3)c3nc(C#CC(C)(C)O)ccc3-c3cccc4c(N)nn(C)c34)c2C1(F)F. The molecule has 1 unspecified atom stereocenters. The Morgan fingerprint density at radius 2 is 1.80 bits per heavy atom. The number of nitrogens with one attached hydrogen (secondary N) is 1. The lowest BCUT2D eigenvalue weighted by atomic mass is 9.94. The van der Waals surface area contributed by atoms with Crippen LogP contribution in [-0.2, 0) is 25.8 Å². The molecular weight excluding hydrogens is 664 g/mol. The van der Waals surface area contributed by atoms with E-state index in [1.807, 2.05) is 0 Å². The van der Waals surface area contributed by atoms with Gasteiger partial charge in [-0.25, -0.2) is 27.3 Å². The lowest BCUT2D eigenvalue weighted by molar-refractivity contribution is -0.0514. The van der Waals surface area contributed by atoms with Crippen LogP contribution < -0.4 is 11.1 Å². The normalized spacial score (nSPS) is 16.0. The number of carbonyl (C=O) groups is 1. The Kier molecular flexibility index (Phi) is 8.63. The van der Waals surface area contributed by atoms with Gasteiger partial charge in [-0.05, 0) is 68.5 Å². The van der Waals surface area contributed by atoms with Gasteiger partial charge in [0.25, 0.3) is 12.3 Å². The Balaban J connectivity index is 1.57. The third-order valence-corrected chi connectivity index (χ3v) is 8.45. The number of para-hydroxylation sites is 1. The van der Waals surface area contributed by atoms with E-state index in [1.54, 1.807) is 37.4 Å². The number of fused-ring (bicyclic) bond motifs is 2. The highest BCUT2D eigenvalue weighted by Gasteiger charge is 2.52. The van der Waals surface area contributed by atoms with Gasteiger partial charge in [-0.2, -0.15) is 23.7 Å². The quantitative estimate of drug-likeness (QED) is 0.136. The zero-order chi connectivity index (χ0) is 36.3. The summed E-state index contributed by atoms with van der Waals surface area (Å²) in [7, 11) is 1.66. The number of aromatic nitrogens is 5. The predicted octanol–water partition coefficient (Wildman–Crippen LogP) is 6.58. The highest BCUT2D eigenvalue weighted by atomic mass is 19.3.